The molecule has 0 bridgehead atoms. The van der Waals surface area contributed by atoms with Crippen molar-refractivity contribution in [3.05, 3.63) is 35.5 Å². The van der Waals surface area contributed by atoms with E-state index in [1.807, 2.05) is 6.07 Å². The Morgan fingerprint density at radius 3 is 2.59 bits per heavy atom. The average molecular weight is 398 g/mol. The van der Waals surface area contributed by atoms with Crippen LogP contribution in [-0.4, -0.2) is 66.2 Å². The molecule has 29 heavy (non-hydrogen) atoms. The fourth-order valence-corrected chi connectivity index (χ4v) is 4.64. The highest BCUT2D eigenvalue weighted by molar-refractivity contribution is 5.80. The molecule has 2 fully saturated rings. The van der Waals surface area contributed by atoms with Gasteiger partial charge in [0.1, 0.15) is 0 Å². The van der Waals surface area contributed by atoms with Crippen LogP contribution in [0, 0.1) is 0 Å². The summed E-state index contributed by atoms with van der Waals surface area (Å²) in [6.07, 6.45) is 9.35. The highest BCUT2D eigenvalue weighted by atomic mass is 16.7. The van der Waals surface area contributed by atoms with Gasteiger partial charge in [0.05, 0.1) is 6.54 Å². The molecule has 5 rings (SSSR count). The minimum Gasteiger partial charge on any atom is -0.454 e. The maximum atomic E-state index is 13.1. The smallest absolute Gasteiger partial charge is 0.241 e. The third kappa shape index (κ3) is 4.43. The molecule has 6 heteroatoms. The lowest BCUT2D eigenvalue weighted by Crippen LogP contribution is -2.50. The number of nitrogens with zero attached hydrogens (tertiary/aromatic N) is 3. The SMILES string of the molecule is O=C(CN1CCN(Cc2ccc3c(c2)OCO3)CC1)N(C1=CCCCC1)C1CC1. The van der Waals surface area contributed by atoms with E-state index in [1.54, 1.807) is 0 Å². The summed E-state index contributed by atoms with van der Waals surface area (Å²) in [6.45, 7) is 5.69. The second kappa shape index (κ2) is 8.36. The number of amides is 1. The van der Waals surface area contributed by atoms with Gasteiger partial charge in [-0.2, -0.15) is 0 Å². The topological polar surface area (TPSA) is 45.3 Å². The molecule has 4 aliphatic rings. The fraction of sp³-hybridized carbons (Fsp3) is 0.609. The van der Waals surface area contributed by atoms with E-state index in [9.17, 15) is 4.79 Å². The molecule has 1 saturated heterocycles. The third-order valence-corrected chi connectivity index (χ3v) is 6.42. The van der Waals surface area contributed by atoms with Crippen molar-refractivity contribution in [2.24, 2.45) is 0 Å². The average Bonchev–Trinajstić information content (AvgIpc) is 3.46. The standard InChI is InChI=1S/C23H31N3O3/c27-23(26(20-7-8-20)19-4-2-1-3-5-19)16-25-12-10-24(11-13-25)15-18-6-9-21-22(14-18)29-17-28-21/h4,6,9,14,20H,1-3,5,7-8,10-13,15-17H2. The molecular formula is C23H31N3O3. The van der Waals surface area contributed by atoms with Gasteiger partial charge >= 0.3 is 0 Å². The summed E-state index contributed by atoms with van der Waals surface area (Å²) in [6, 6.07) is 6.68. The second-order valence-corrected chi connectivity index (χ2v) is 8.68. The van der Waals surface area contributed by atoms with E-state index in [4.69, 9.17) is 9.47 Å². The van der Waals surface area contributed by atoms with Gasteiger partial charge in [0.15, 0.2) is 11.5 Å². The first kappa shape index (κ1) is 18.9. The Bertz CT molecular complexity index is 782. The van der Waals surface area contributed by atoms with E-state index in [-0.39, 0.29) is 0 Å². The Morgan fingerprint density at radius 1 is 1.03 bits per heavy atom. The molecule has 2 heterocycles. The van der Waals surface area contributed by atoms with Crippen LogP contribution >= 0.6 is 0 Å². The monoisotopic (exact) mass is 397 g/mol. The lowest BCUT2D eigenvalue weighted by Gasteiger charge is -2.36. The zero-order valence-corrected chi connectivity index (χ0v) is 17.1. The molecule has 2 aliphatic heterocycles. The van der Waals surface area contributed by atoms with Gasteiger partial charge in [-0.25, -0.2) is 0 Å². The van der Waals surface area contributed by atoms with Crippen LogP contribution in [0.25, 0.3) is 0 Å². The summed E-state index contributed by atoms with van der Waals surface area (Å²) in [5.74, 6) is 2.00. The summed E-state index contributed by atoms with van der Waals surface area (Å²) in [5, 5.41) is 0. The molecule has 0 aromatic heterocycles. The van der Waals surface area contributed by atoms with Crippen molar-refractivity contribution in [3.8, 4) is 11.5 Å². The summed E-state index contributed by atoms with van der Waals surface area (Å²) in [4.78, 5) is 20.0. The molecule has 6 nitrogen and oxygen atoms in total. The molecule has 0 spiro atoms. The summed E-state index contributed by atoms with van der Waals surface area (Å²) >= 11 is 0. The maximum absolute atomic E-state index is 13.1. The molecular weight excluding hydrogens is 366 g/mol. The lowest BCUT2D eigenvalue weighted by molar-refractivity contribution is -0.131. The first-order chi connectivity index (χ1) is 14.3. The minimum atomic E-state index is 0.310. The molecule has 2 aliphatic carbocycles. The summed E-state index contributed by atoms with van der Waals surface area (Å²) in [7, 11) is 0. The number of fused-ring (bicyclic) bond motifs is 1. The van der Waals surface area contributed by atoms with Crippen LogP contribution in [0.2, 0.25) is 0 Å². The van der Waals surface area contributed by atoms with Crippen LogP contribution in [0.3, 0.4) is 0 Å². The molecule has 0 radical (unpaired) electrons. The second-order valence-electron chi connectivity index (χ2n) is 8.68. The predicted molar refractivity (Wildman–Crippen MR) is 111 cm³/mol. The van der Waals surface area contributed by atoms with Gasteiger partial charge in [-0.1, -0.05) is 12.1 Å². The fourth-order valence-electron chi connectivity index (χ4n) is 4.64. The van der Waals surface area contributed by atoms with Crippen molar-refractivity contribution in [1.29, 1.82) is 0 Å². The van der Waals surface area contributed by atoms with Gasteiger partial charge in [0, 0.05) is 44.5 Å². The number of ether oxygens (including phenoxy) is 2. The van der Waals surface area contributed by atoms with Crippen LogP contribution in [0.4, 0.5) is 0 Å². The Kier molecular flexibility index (Phi) is 5.46. The van der Waals surface area contributed by atoms with Crippen LogP contribution < -0.4 is 9.47 Å². The van der Waals surface area contributed by atoms with Gasteiger partial charge in [-0.15, -0.1) is 0 Å². The molecule has 1 aromatic rings. The van der Waals surface area contributed by atoms with Crippen molar-refractivity contribution in [3.63, 3.8) is 0 Å². The highest BCUT2D eigenvalue weighted by Gasteiger charge is 2.35. The van der Waals surface area contributed by atoms with E-state index >= 15 is 0 Å². The van der Waals surface area contributed by atoms with Gasteiger partial charge in [-0.3, -0.25) is 14.6 Å². The van der Waals surface area contributed by atoms with E-state index < -0.39 is 0 Å². The van der Waals surface area contributed by atoms with E-state index in [0.717, 1.165) is 57.1 Å². The summed E-state index contributed by atoms with van der Waals surface area (Å²) in [5.41, 5.74) is 2.55. The maximum Gasteiger partial charge on any atom is 0.241 e. The molecule has 156 valence electrons. The van der Waals surface area contributed by atoms with Crippen molar-refractivity contribution >= 4 is 5.91 Å². The molecule has 1 saturated carbocycles. The number of hydrogen-bond acceptors (Lipinski definition) is 5. The zero-order chi connectivity index (χ0) is 19.6. The Morgan fingerprint density at radius 2 is 1.83 bits per heavy atom. The number of carbonyl (C=O) groups is 1. The number of rotatable bonds is 6. The highest BCUT2D eigenvalue weighted by Crippen LogP contribution is 2.34. The number of allylic oxidation sites excluding steroid dienone is 2. The first-order valence-electron chi connectivity index (χ1n) is 11.1. The van der Waals surface area contributed by atoms with E-state index in [1.165, 1.54) is 36.9 Å². The largest absolute Gasteiger partial charge is 0.454 e. The quantitative estimate of drug-likeness (QED) is 0.739. The first-order valence-corrected chi connectivity index (χ1v) is 11.1. The lowest BCUT2D eigenvalue weighted by atomic mass is 10.0. The normalized spacial score (nSPS) is 22.4. The van der Waals surface area contributed by atoms with Gasteiger partial charge in [0.2, 0.25) is 12.7 Å². The Hall–Kier alpha value is -2.05. The van der Waals surface area contributed by atoms with Crippen molar-refractivity contribution < 1.29 is 14.3 Å². The van der Waals surface area contributed by atoms with E-state index in [2.05, 4.69) is 32.9 Å². The van der Waals surface area contributed by atoms with Crippen LogP contribution in [0.1, 0.15) is 44.1 Å². The molecule has 0 N–H and O–H groups in total. The van der Waals surface area contributed by atoms with Gasteiger partial charge < -0.3 is 14.4 Å². The molecule has 0 unspecified atom stereocenters. The van der Waals surface area contributed by atoms with Gasteiger partial charge in [-0.05, 0) is 56.2 Å². The molecule has 1 aromatic carbocycles. The Labute approximate surface area is 173 Å². The summed E-state index contributed by atoms with van der Waals surface area (Å²) < 4.78 is 10.9. The third-order valence-electron chi connectivity index (χ3n) is 6.42. The zero-order valence-electron chi connectivity index (χ0n) is 17.1. The Balaban J connectivity index is 1.13. The van der Waals surface area contributed by atoms with Crippen LogP contribution in [-0.2, 0) is 11.3 Å². The van der Waals surface area contributed by atoms with E-state index in [0.29, 0.717) is 25.3 Å². The molecule has 1 amide bonds. The number of piperazine rings is 1. The van der Waals surface area contributed by atoms with Crippen molar-refractivity contribution in [2.75, 3.05) is 39.5 Å². The number of hydrogen-bond donors (Lipinski definition) is 0. The van der Waals surface area contributed by atoms with Crippen molar-refractivity contribution in [2.45, 2.75) is 51.1 Å². The van der Waals surface area contributed by atoms with Gasteiger partial charge in [0.25, 0.3) is 0 Å². The number of carbonyl (C=O) groups excluding carboxylic acids is 1. The minimum absolute atomic E-state index is 0.310. The van der Waals surface area contributed by atoms with Crippen LogP contribution in [0.5, 0.6) is 11.5 Å². The van der Waals surface area contributed by atoms with Crippen LogP contribution in [0.15, 0.2) is 30.0 Å². The van der Waals surface area contributed by atoms with Crippen molar-refractivity contribution in [1.82, 2.24) is 14.7 Å². The number of benzene rings is 1. The predicted octanol–water partition coefficient (Wildman–Crippen LogP) is 2.98. The molecule has 0 atom stereocenters.